The fraction of sp³-hybridized carbons (Fsp3) is 0.567. The third kappa shape index (κ3) is 6.64. The van der Waals surface area contributed by atoms with Crippen molar-refractivity contribution in [2.75, 3.05) is 39.4 Å². The minimum atomic E-state index is -1.13. The number of benzene rings is 2. The summed E-state index contributed by atoms with van der Waals surface area (Å²) in [6.07, 6.45) is 4.83. The normalized spacial score (nSPS) is 21.6. The van der Waals surface area contributed by atoms with Crippen LogP contribution in [0, 0.1) is 12.8 Å². The number of nitrogens with zero attached hydrogens (tertiary/aromatic N) is 2. The molecule has 3 atom stereocenters. The second-order valence-electron chi connectivity index (χ2n) is 10.5. The lowest BCUT2D eigenvalue weighted by Gasteiger charge is -2.44. The molecule has 2 amide bonds. The summed E-state index contributed by atoms with van der Waals surface area (Å²) in [5, 5.41) is 12.5. The standard InChI is InChI=1S/C30H43N3O4/c1-3-36-20-9-8-17-30(35,24-12-10-18-32(21-24)29(34)33-19-16-25(31)22-33)26-13-5-7-15-28(26)37-27-14-6-4-11-23(27)2/h4-7,11,13-15,24-25,35H,3,8-10,12,16-22,31H2,1-2H3/t24?,25?,30-/m0/s1. The molecule has 202 valence electrons. The van der Waals surface area contributed by atoms with Gasteiger partial charge in [0.1, 0.15) is 11.5 Å². The van der Waals surface area contributed by atoms with Crippen LogP contribution in [0.2, 0.25) is 0 Å². The van der Waals surface area contributed by atoms with Crippen LogP contribution in [-0.2, 0) is 10.3 Å². The second kappa shape index (κ2) is 12.8. The average Bonchev–Trinajstić information content (AvgIpc) is 3.36. The Kier molecular flexibility index (Phi) is 9.46. The van der Waals surface area contributed by atoms with Crippen LogP contribution in [0.25, 0.3) is 0 Å². The molecule has 2 fully saturated rings. The number of nitrogens with two attached hydrogens (primary N) is 1. The van der Waals surface area contributed by atoms with Gasteiger partial charge in [-0.1, -0.05) is 36.4 Å². The van der Waals surface area contributed by atoms with E-state index >= 15 is 0 Å². The number of unbranched alkanes of at least 4 members (excludes halogenated alkanes) is 1. The summed E-state index contributed by atoms with van der Waals surface area (Å²) in [6.45, 7) is 7.93. The highest BCUT2D eigenvalue weighted by atomic mass is 16.5. The first-order chi connectivity index (χ1) is 17.9. The highest BCUT2D eigenvalue weighted by Gasteiger charge is 2.43. The quantitative estimate of drug-likeness (QED) is 0.438. The topological polar surface area (TPSA) is 88.3 Å². The van der Waals surface area contributed by atoms with Crippen LogP contribution in [-0.4, -0.2) is 66.4 Å². The van der Waals surface area contributed by atoms with E-state index in [2.05, 4.69) is 0 Å². The fourth-order valence-corrected chi connectivity index (χ4v) is 5.71. The number of amides is 2. The van der Waals surface area contributed by atoms with E-state index < -0.39 is 5.60 Å². The summed E-state index contributed by atoms with van der Waals surface area (Å²) in [5.74, 6) is 1.34. The molecule has 2 aromatic rings. The van der Waals surface area contributed by atoms with Gasteiger partial charge in [-0.2, -0.15) is 0 Å². The van der Waals surface area contributed by atoms with Crippen molar-refractivity contribution in [1.82, 2.24) is 9.80 Å². The van der Waals surface area contributed by atoms with Gasteiger partial charge in [0.05, 0.1) is 5.60 Å². The molecule has 0 radical (unpaired) electrons. The van der Waals surface area contributed by atoms with Gasteiger partial charge in [0.25, 0.3) is 0 Å². The van der Waals surface area contributed by atoms with Crippen LogP contribution in [0.1, 0.15) is 56.6 Å². The molecule has 3 N–H and O–H groups in total. The summed E-state index contributed by atoms with van der Waals surface area (Å²) in [5.41, 5.74) is 6.76. The van der Waals surface area contributed by atoms with Crippen LogP contribution < -0.4 is 10.5 Å². The lowest BCUT2D eigenvalue weighted by molar-refractivity contribution is -0.0588. The van der Waals surface area contributed by atoms with Crippen LogP contribution in [0.5, 0.6) is 11.5 Å². The molecule has 2 unspecified atom stereocenters. The van der Waals surface area contributed by atoms with Crippen LogP contribution in [0.15, 0.2) is 48.5 Å². The van der Waals surface area contributed by atoms with Crippen LogP contribution in [0.4, 0.5) is 4.79 Å². The number of aliphatic hydroxyl groups is 1. The molecule has 2 aliphatic heterocycles. The van der Waals surface area contributed by atoms with Crippen molar-refractivity contribution in [3.05, 3.63) is 59.7 Å². The first-order valence-corrected chi connectivity index (χ1v) is 13.8. The maximum absolute atomic E-state index is 13.3. The SMILES string of the molecule is CCOCCCC[C@@](O)(c1ccccc1Oc1ccccc1C)C1CCCN(C(=O)N2CCC(N)C2)C1. The van der Waals surface area contributed by atoms with Crippen molar-refractivity contribution in [2.24, 2.45) is 11.7 Å². The predicted molar refractivity (Wildman–Crippen MR) is 146 cm³/mol. The molecule has 0 aliphatic carbocycles. The number of urea groups is 1. The van der Waals surface area contributed by atoms with Gasteiger partial charge in [-0.25, -0.2) is 4.79 Å². The van der Waals surface area contributed by atoms with Gasteiger partial charge in [0, 0.05) is 56.9 Å². The van der Waals surface area contributed by atoms with Crippen molar-refractivity contribution in [3.8, 4) is 11.5 Å². The van der Waals surface area contributed by atoms with Gasteiger partial charge in [0.15, 0.2) is 0 Å². The predicted octanol–water partition coefficient (Wildman–Crippen LogP) is 5.05. The molecule has 7 heteroatoms. The highest BCUT2D eigenvalue weighted by molar-refractivity contribution is 5.75. The first-order valence-electron chi connectivity index (χ1n) is 13.8. The molecule has 2 aromatic carbocycles. The molecule has 2 aliphatic rings. The lowest BCUT2D eigenvalue weighted by Crippen LogP contribution is -2.51. The summed E-state index contributed by atoms with van der Waals surface area (Å²) in [6, 6.07) is 15.8. The lowest BCUT2D eigenvalue weighted by atomic mass is 9.73. The van der Waals surface area contributed by atoms with E-state index in [1.54, 1.807) is 0 Å². The van der Waals surface area contributed by atoms with Gasteiger partial charge in [0.2, 0.25) is 0 Å². The van der Waals surface area contributed by atoms with E-state index in [0.717, 1.165) is 49.0 Å². The molecule has 0 saturated carbocycles. The number of para-hydroxylation sites is 2. The summed E-state index contributed by atoms with van der Waals surface area (Å²) < 4.78 is 12.0. The van der Waals surface area contributed by atoms with E-state index in [1.165, 1.54) is 0 Å². The number of rotatable bonds is 10. The molecular weight excluding hydrogens is 466 g/mol. The van der Waals surface area contributed by atoms with E-state index in [0.29, 0.717) is 51.6 Å². The third-order valence-corrected chi connectivity index (χ3v) is 7.83. The molecule has 2 saturated heterocycles. The molecule has 2 heterocycles. The Labute approximate surface area is 221 Å². The van der Waals surface area contributed by atoms with E-state index in [9.17, 15) is 9.90 Å². The number of aryl methyl sites for hydroxylation is 1. The molecule has 37 heavy (non-hydrogen) atoms. The zero-order valence-corrected chi connectivity index (χ0v) is 22.4. The number of piperidine rings is 1. The van der Waals surface area contributed by atoms with Crippen molar-refractivity contribution in [3.63, 3.8) is 0 Å². The van der Waals surface area contributed by atoms with Gasteiger partial charge in [-0.3, -0.25) is 0 Å². The monoisotopic (exact) mass is 509 g/mol. The minimum absolute atomic E-state index is 0.0424. The van der Waals surface area contributed by atoms with Gasteiger partial charge < -0.3 is 30.1 Å². The van der Waals surface area contributed by atoms with Gasteiger partial charge in [-0.15, -0.1) is 0 Å². The zero-order chi connectivity index (χ0) is 26.3. The number of ether oxygens (including phenoxy) is 2. The summed E-state index contributed by atoms with van der Waals surface area (Å²) >= 11 is 0. The Bertz CT molecular complexity index is 1030. The number of carbonyl (C=O) groups excluding carboxylic acids is 1. The van der Waals surface area contributed by atoms with Gasteiger partial charge >= 0.3 is 6.03 Å². The Morgan fingerprint density at radius 1 is 1.03 bits per heavy atom. The third-order valence-electron chi connectivity index (χ3n) is 7.83. The molecular formula is C30H43N3O4. The smallest absolute Gasteiger partial charge is 0.320 e. The first kappa shape index (κ1) is 27.4. The van der Waals surface area contributed by atoms with Crippen molar-refractivity contribution in [1.29, 1.82) is 0 Å². The van der Waals surface area contributed by atoms with E-state index in [-0.39, 0.29) is 18.0 Å². The number of likely N-dealkylation sites (tertiary alicyclic amines) is 2. The summed E-state index contributed by atoms with van der Waals surface area (Å²) in [7, 11) is 0. The fourth-order valence-electron chi connectivity index (χ4n) is 5.71. The highest BCUT2D eigenvalue weighted by Crippen LogP contribution is 2.44. The largest absolute Gasteiger partial charge is 0.457 e. The maximum Gasteiger partial charge on any atom is 0.320 e. The van der Waals surface area contributed by atoms with Crippen LogP contribution in [0.3, 0.4) is 0 Å². The number of hydrogen-bond donors (Lipinski definition) is 2. The minimum Gasteiger partial charge on any atom is -0.457 e. The number of hydrogen-bond acceptors (Lipinski definition) is 5. The molecule has 7 nitrogen and oxygen atoms in total. The Balaban J connectivity index is 1.60. The van der Waals surface area contributed by atoms with Gasteiger partial charge in [-0.05, 0) is 70.1 Å². The molecule has 0 aromatic heterocycles. The second-order valence-corrected chi connectivity index (χ2v) is 10.5. The average molecular weight is 510 g/mol. The van der Waals surface area contributed by atoms with Crippen LogP contribution >= 0.6 is 0 Å². The number of carbonyl (C=O) groups is 1. The molecule has 0 bridgehead atoms. The Morgan fingerprint density at radius 2 is 1.76 bits per heavy atom. The van der Waals surface area contributed by atoms with Crippen molar-refractivity contribution < 1.29 is 19.4 Å². The molecule has 0 spiro atoms. The van der Waals surface area contributed by atoms with Crippen molar-refractivity contribution >= 4 is 6.03 Å². The Morgan fingerprint density at radius 3 is 2.49 bits per heavy atom. The van der Waals surface area contributed by atoms with Crippen molar-refractivity contribution in [2.45, 2.75) is 64.0 Å². The summed E-state index contributed by atoms with van der Waals surface area (Å²) in [4.78, 5) is 17.1. The van der Waals surface area contributed by atoms with E-state index in [4.69, 9.17) is 15.2 Å². The Hall–Kier alpha value is -2.61. The maximum atomic E-state index is 13.3. The van der Waals surface area contributed by atoms with E-state index in [1.807, 2.05) is 72.2 Å². The zero-order valence-electron chi connectivity index (χ0n) is 22.4. The molecule has 4 rings (SSSR count).